The molecule has 0 unspecified atom stereocenters. The summed E-state index contributed by atoms with van der Waals surface area (Å²) in [7, 11) is 3.31. The molecule has 2 aromatic rings. The van der Waals surface area contributed by atoms with Gasteiger partial charge in [-0.1, -0.05) is 12.1 Å². The van der Waals surface area contributed by atoms with Gasteiger partial charge in [0.2, 0.25) is 0 Å². The van der Waals surface area contributed by atoms with E-state index in [2.05, 4.69) is 4.98 Å². The summed E-state index contributed by atoms with van der Waals surface area (Å²) in [6.07, 6.45) is 0. The van der Waals surface area contributed by atoms with Gasteiger partial charge in [0, 0.05) is 18.5 Å². The molecule has 0 saturated heterocycles. The number of para-hydroxylation sites is 1. The van der Waals surface area contributed by atoms with Crippen molar-refractivity contribution in [3.63, 3.8) is 0 Å². The van der Waals surface area contributed by atoms with Gasteiger partial charge in [-0.25, -0.2) is 4.98 Å². The highest BCUT2D eigenvalue weighted by Gasteiger charge is 2.14. The molecular formula is C13H16N2O2S. The number of hydrogen-bond acceptors (Lipinski definition) is 5. The van der Waals surface area contributed by atoms with Crippen LogP contribution < -0.4 is 10.5 Å². The SMILES string of the molecule is COCc1nc(-c2ccccc2OC)sc1CN. The molecule has 2 rings (SSSR count). The van der Waals surface area contributed by atoms with Crippen LogP contribution in [0.4, 0.5) is 0 Å². The van der Waals surface area contributed by atoms with Gasteiger partial charge in [0.05, 0.1) is 25.0 Å². The van der Waals surface area contributed by atoms with Crippen molar-refractivity contribution in [1.82, 2.24) is 4.98 Å². The molecule has 1 heterocycles. The molecule has 0 saturated carbocycles. The van der Waals surface area contributed by atoms with E-state index in [1.165, 1.54) is 0 Å². The molecule has 0 amide bonds. The monoisotopic (exact) mass is 264 g/mol. The van der Waals surface area contributed by atoms with Crippen molar-refractivity contribution in [1.29, 1.82) is 0 Å². The van der Waals surface area contributed by atoms with Gasteiger partial charge >= 0.3 is 0 Å². The maximum absolute atomic E-state index is 5.73. The van der Waals surface area contributed by atoms with E-state index in [1.807, 2.05) is 24.3 Å². The number of nitrogens with two attached hydrogens (primary N) is 1. The number of hydrogen-bond donors (Lipinski definition) is 1. The van der Waals surface area contributed by atoms with Gasteiger partial charge in [0.25, 0.3) is 0 Å². The lowest BCUT2D eigenvalue weighted by atomic mass is 10.2. The Balaban J connectivity index is 2.44. The average molecular weight is 264 g/mol. The van der Waals surface area contributed by atoms with Crippen LogP contribution in [0.15, 0.2) is 24.3 Å². The normalized spacial score (nSPS) is 10.6. The minimum atomic E-state index is 0.478. The first-order valence-corrected chi connectivity index (χ1v) is 6.42. The molecule has 1 aromatic carbocycles. The summed E-state index contributed by atoms with van der Waals surface area (Å²) in [5.41, 5.74) is 7.62. The van der Waals surface area contributed by atoms with E-state index in [-0.39, 0.29) is 0 Å². The van der Waals surface area contributed by atoms with Crippen molar-refractivity contribution >= 4 is 11.3 Å². The summed E-state index contributed by atoms with van der Waals surface area (Å²) >= 11 is 1.59. The van der Waals surface area contributed by atoms with E-state index in [1.54, 1.807) is 25.6 Å². The third-order valence-corrected chi connectivity index (χ3v) is 3.74. The Bertz CT molecular complexity index is 525. The first kappa shape index (κ1) is 13.0. The van der Waals surface area contributed by atoms with Crippen molar-refractivity contribution < 1.29 is 9.47 Å². The summed E-state index contributed by atoms with van der Waals surface area (Å²) in [5.74, 6) is 0.818. The van der Waals surface area contributed by atoms with Crippen molar-refractivity contribution in [3.05, 3.63) is 34.8 Å². The Morgan fingerprint density at radius 1 is 1.28 bits per heavy atom. The van der Waals surface area contributed by atoms with Crippen molar-refractivity contribution in [3.8, 4) is 16.3 Å². The first-order chi connectivity index (χ1) is 8.80. The van der Waals surface area contributed by atoms with Crippen LogP contribution >= 0.6 is 11.3 Å². The molecule has 0 radical (unpaired) electrons. The lowest BCUT2D eigenvalue weighted by Gasteiger charge is -2.04. The quantitative estimate of drug-likeness (QED) is 0.901. The highest BCUT2D eigenvalue weighted by Crippen LogP contribution is 2.34. The molecule has 0 spiro atoms. The van der Waals surface area contributed by atoms with Gasteiger partial charge in [-0.3, -0.25) is 0 Å². The van der Waals surface area contributed by atoms with Crippen LogP contribution in [0.1, 0.15) is 10.6 Å². The third-order valence-electron chi connectivity index (χ3n) is 2.58. The fraction of sp³-hybridized carbons (Fsp3) is 0.308. The van der Waals surface area contributed by atoms with Crippen LogP contribution in [0.2, 0.25) is 0 Å². The summed E-state index contributed by atoms with van der Waals surface area (Å²) in [4.78, 5) is 5.64. The molecule has 0 aliphatic heterocycles. The lowest BCUT2D eigenvalue weighted by molar-refractivity contribution is 0.181. The van der Waals surface area contributed by atoms with Crippen molar-refractivity contribution in [2.45, 2.75) is 13.2 Å². The Kier molecular flexibility index (Phi) is 4.30. The van der Waals surface area contributed by atoms with Crippen LogP contribution in [0.5, 0.6) is 5.75 Å². The zero-order chi connectivity index (χ0) is 13.0. The second-order valence-electron chi connectivity index (χ2n) is 3.73. The predicted molar refractivity (Wildman–Crippen MR) is 72.7 cm³/mol. The van der Waals surface area contributed by atoms with Crippen molar-refractivity contribution in [2.24, 2.45) is 5.73 Å². The van der Waals surface area contributed by atoms with Crippen molar-refractivity contribution in [2.75, 3.05) is 14.2 Å². The molecule has 0 aliphatic carbocycles. The Morgan fingerprint density at radius 2 is 2.06 bits per heavy atom. The number of aromatic nitrogens is 1. The topological polar surface area (TPSA) is 57.4 Å². The summed E-state index contributed by atoms with van der Waals surface area (Å²) in [6.45, 7) is 0.962. The summed E-state index contributed by atoms with van der Waals surface area (Å²) in [5, 5.41) is 0.917. The Morgan fingerprint density at radius 3 is 2.72 bits per heavy atom. The molecule has 2 N–H and O–H groups in total. The molecular weight excluding hydrogens is 248 g/mol. The molecule has 0 fully saturated rings. The van der Waals surface area contributed by atoms with E-state index < -0.39 is 0 Å². The van der Waals surface area contributed by atoms with Crippen LogP contribution in [-0.4, -0.2) is 19.2 Å². The van der Waals surface area contributed by atoms with Crippen LogP contribution in [0.3, 0.4) is 0 Å². The van der Waals surface area contributed by atoms with E-state index in [4.69, 9.17) is 15.2 Å². The molecule has 96 valence electrons. The number of nitrogens with zero attached hydrogens (tertiary/aromatic N) is 1. The largest absolute Gasteiger partial charge is 0.496 e. The minimum Gasteiger partial charge on any atom is -0.496 e. The van der Waals surface area contributed by atoms with Gasteiger partial charge in [0.1, 0.15) is 10.8 Å². The zero-order valence-electron chi connectivity index (χ0n) is 10.5. The van der Waals surface area contributed by atoms with Gasteiger partial charge in [0.15, 0.2) is 0 Å². The molecule has 4 nitrogen and oxygen atoms in total. The predicted octanol–water partition coefficient (Wildman–Crippen LogP) is 2.42. The summed E-state index contributed by atoms with van der Waals surface area (Å²) in [6, 6.07) is 7.83. The van der Waals surface area contributed by atoms with Gasteiger partial charge < -0.3 is 15.2 Å². The zero-order valence-corrected chi connectivity index (χ0v) is 11.3. The maximum Gasteiger partial charge on any atom is 0.129 e. The highest BCUT2D eigenvalue weighted by atomic mass is 32.1. The average Bonchev–Trinajstić information content (AvgIpc) is 2.82. The lowest BCUT2D eigenvalue weighted by Crippen LogP contribution is -1.99. The Hall–Kier alpha value is -1.43. The van der Waals surface area contributed by atoms with Crippen LogP contribution in [-0.2, 0) is 17.9 Å². The molecule has 5 heteroatoms. The molecule has 0 bridgehead atoms. The fourth-order valence-corrected chi connectivity index (χ4v) is 2.70. The second kappa shape index (κ2) is 5.95. The maximum atomic E-state index is 5.73. The molecule has 0 atom stereocenters. The highest BCUT2D eigenvalue weighted by molar-refractivity contribution is 7.15. The van der Waals surface area contributed by atoms with Gasteiger partial charge in [-0.2, -0.15) is 0 Å². The van der Waals surface area contributed by atoms with E-state index in [0.717, 1.165) is 26.9 Å². The number of thiazole rings is 1. The number of rotatable bonds is 5. The Labute approximate surface area is 110 Å². The van der Waals surface area contributed by atoms with E-state index in [0.29, 0.717) is 13.2 Å². The number of ether oxygens (including phenoxy) is 2. The standard InChI is InChI=1S/C13H16N2O2S/c1-16-8-10-12(7-14)18-13(15-10)9-5-3-4-6-11(9)17-2/h3-6H,7-8,14H2,1-2H3. The number of benzene rings is 1. The first-order valence-electron chi connectivity index (χ1n) is 5.61. The van der Waals surface area contributed by atoms with Gasteiger partial charge in [-0.05, 0) is 12.1 Å². The van der Waals surface area contributed by atoms with E-state index >= 15 is 0 Å². The van der Waals surface area contributed by atoms with Gasteiger partial charge in [-0.15, -0.1) is 11.3 Å². The third kappa shape index (κ3) is 2.53. The minimum absolute atomic E-state index is 0.478. The molecule has 1 aromatic heterocycles. The van der Waals surface area contributed by atoms with E-state index in [9.17, 15) is 0 Å². The summed E-state index contributed by atoms with van der Waals surface area (Å²) < 4.78 is 10.5. The number of methoxy groups -OCH3 is 2. The van der Waals surface area contributed by atoms with Crippen LogP contribution in [0.25, 0.3) is 10.6 Å². The smallest absolute Gasteiger partial charge is 0.129 e. The molecule has 18 heavy (non-hydrogen) atoms. The second-order valence-corrected chi connectivity index (χ2v) is 4.81. The fourth-order valence-electron chi connectivity index (χ4n) is 1.73. The molecule has 0 aliphatic rings. The van der Waals surface area contributed by atoms with Crippen LogP contribution in [0, 0.1) is 0 Å².